The maximum Gasteiger partial charge on any atom is 0.128 e. The van der Waals surface area contributed by atoms with Crippen molar-refractivity contribution in [1.29, 1.82) is 0 Å². The number of likely N-dealkylation sites (tertiary alicyclic amines) is 1. The van der Waals surface area contributed by atoms with Gasteiger partial charge in [0.2, 0.25) is 0 Å². The first-order valence-electron chi connectivity index (χ1n) is 5.31. The van der Waals surface area contributed by atoms with Crippen LogP contribution in [0.1, 0.15) is 18.7 Å². The number of hydrogen-bond donors (Lipinski definition) is 1. The van der Waals surface area contributed by atoms with Crippen LogP contribution < -0.4 is 5.73 Å². The molecule has 1 aliphatic rings. The fourth-order valence-corrected chi connectivity index (χ4v) is 2.15. The molecule has 2 heterocycles. The Kier molecular flexibility index (Phi) is 3.29. The van der Waals surface area contributed by atoms with Gasteiger partial charge in [0.1, 0.15) is 11.0 Å². The minimum atomic E-state index is 0.314. The Hall–Kier alpha value is -0.580. The van der Waals surface area contributed by atoms with Gasteiger partial charge in [-0.05, 0) is 19.4 Å². The highest BCUT2D eigenvalue weighted by Gasteiger charge is 2.18. The molecular formula is C10H17ClN4. The third-order valence-corrected chi connectivity index (χ3v) is 3.29. The molecule has 4 nitrogen and oxygen atoms in total. The van der Waals surface area contributed by atoms with E-state index in [1.165, 1.54) is 6.42 Å². The lowest BCUT2D eigenvalue weighted by Gasteiger charge is -2.30. The van der Waals surface area contributed by atoms with Crippen molar-refractivity contribution in [2.45, 2.75) is 25.4 Å². The number of nitrogens with zero attached hydrogens (tertiary/aromatic N) is 3. The van der Waals surface area contributed by atoms with Crippen LogP contribution in [-0.4, -0.2) is 33.6 Å². The molecule has 0 aliphatic carbocycles. The van der Waals surface area contributed by atoms with E-state index in [1.807, 2.05) is 11.6 Å². The van der Waals surface area contributed by atoms with Crippen molar-refractivity contribution in [3.8, 4) is 0 Å². The van der Waals surface area contributed by atoms with Crippen molar-refractivity contribution >= 4 is 11.6 Å². The van der Waals surface area contributed by atoms with Crippen LogP contribution in [0, 0.1) is 0 Å². The Morgan fingerprint density at radius 1 is 1.67 bits per heavy atom. The molecular weight excluding hydrogens is 212 g/mol. The van der Waals surface area contributed by atoms with E-state index in [0.717, 1.165) is 31.9 Å². The van der Waals surface area contributed by atoms with Gasteiger partial charge in [0, 0.05) is 19.6 Å². The molecule has 5 heteroatoms. The average molecular weight is 229 g/mol. The molecule has 0 aromatic carbocycles. The first-order chi connectivity index (χ1) is 7.16. The topological polar surface area (TPSA) is 47.1 Å². The van der Waals surface area contributed by atoms with Crippen LogP contribution >= 0.6 is 11.6 Å². The number of hydrogen-bond acceptors (Lipinski definition) is 3. The highest BCUT2D eigenvalue weighted by Crippen LogP contribution is 2.14. The maximum absolute atomic E-state index is 5.93. The molecule has 1 aromatic heterocycles. The van der Waals surface area contributed by atoms with Crippen molar-refractivity contribution in [2.24, 2.45) is 12.8 Å². The van der Waals surface area contributed by atoms with E-state index >= 15 is 0 Å². The van der Waals surface area contributed by atoms with Gasteiger partial charge < -0.3 is 10.3 Å². The summed E-state index contributed by atoms with van der Waals surface area (Å²) in [7, 11) is 1.94. The predicted octanol–water partition coefficient (Wildman–Crippen LogP) is 0.997. The first kappa shape index (κ1) is 10.9. The molecule has 1 saturated heterocycles. The van der Waals surface area contributed by atoms with E-state index in [4.69, 9.17) is 17.3 Å². The summed E-state index contributed by atoms with van der Waals surface area (Å²) in [6.45, 7) is 2.92. The molecule has 1 aromatic rings. The molecule has 84 valence electrons. The van der Waals surface area contributed by atoms with Crippen LogP contribution in [0.5, 0.6) is 0 Å². The summed E-state index contributed by atoms with van der Waals surface area (Å²) < 4.78 is 1.92. The highest BCUT2D eigenvalue weighted by atomic mass is 35.5. The second kappa shape index (κ2) is 4.51. The molecule has 15 heavy (non-hydrogen) atoms. The highest BCUT2D eigenvalue weighted by molar-refractivity contribution is 6.29. The van der Waals surface area contributed by atoms with E-state index in [1.54, 1.807) is 6.20 Å². The van der Waals surface area contributed by atoms with Crippen molar-refractivity contribution < 1.29 is 0 Å². The van der Waals surface area contributed by atoms with Crippen LogP contribution in [0.3, 0.4) is 0 Å². The largest absolute Gasteiger partial charge is 0.327 e. The number of piperidine rings is 1. The molecule has 1 atom stereocenters. The lowest BCUT2D eigenvalue weighted by atomic mass is 10.1. The van der Waals surface area contributed by atoms with Gasteiger partial charge in [-0.3, -0.25) is 4.90 Å². The standard InChI is InChI=1S/C10H17ClN4/c1-14-9(11)5-13-10(14)7-15-4-2-3-8(12)6-15/h5,8H,2-4,6-7,12H2,1H3/t8-/m1/s1. The fraction of sp³-hybridized carbons (Fsp3) is 0.700. The average Bonchev–Trinajstić information content (AvgIpc) is 2.50. The molecule has 2 N–H and O–H groups in total. The van der Waals surface area contributed by atoms with Gasteiger partial charge in [-0.1, -0.05) is 11.6 Å². The summed E-state index contributed by atoms with van der Waals surface area (Å²) in [5.41, 5.74) is 5.93. The number of imidazole rings is 1. The van der Waals surface area contributed by atoms with Crippen LogP contribution in [0.15, 0.2) is 6.20 Å². The Morgan fingerprint density at radius 3 is 3.07 bits per heavy atom. The zero-order valence-electron chi connectivity index (χ0n) is 8.99. The second-order valence-electron chi connectivity index (χ2n) is 4.19. The zero-order valence-corrected chi connectivity index (χ0v) is 9.74. The van der Waals surface area contributed by atoms with Gasteiger partial charge in [-0.15, -0.1) is 0 Å². The fourth-order valence-electron chi connectivity index (χ4n) is 2.01. The van der Waals surface area contributed by atoms with Gasteiger partial charge in [0.15, 0.2) is 0 Å². The minimum absolute atomic E-state index is 0.314. The molecule has 2 rings (SSSR count). The molecule has 0 spiro atoms. The lowest BCUT2D eigenvalue weighted by molar-refractivity contribution is 0.195. The quantitative estimate of drug-likeness (QED) is 0.822. The third kappa shape index (κ3) is 2.51. The van der Waals surface area contributed by atoms with Crippen molar-refractivity contribution in [1.82, 2.24) is 14.5 Å². The zero-order chi connectivity index (χ0) is 10.8. The summed E-state index contributed by atoms with van der Waals surface area (Å²) >= 11 is 5.93. The monoisotopic (exact) mass is 228 g/mol. The summed E-state index contributed by atoms with van der Waals surface area (Å²) in [6, 6.07) is 0.314. The molecule has 0 bridgehead atoms. The predicted molar refractivity (Wildman–Crippen MR) is 60.7 cm³/mol. The van der Waals surface area contributed by atoms with E-state index < -0.39 is 0 Å². The van der Waals surface area contributed by atoms with Gasteiger partial charge >= 0.3 is 0 Å². The van der Waals surface area contributed by atoms with E-state index in [-0.39, 0.29) is 0 Å². The van der Waals surface area contributed by atoms with Gasteiger partial charge in [0.25, 0.3) is 0 Å². The summed E-state index contributed by atoms with van der Waals surface area (Å²) in [4.78, 5) is 6.62. The lowest BCUT2D eigenvalue weighted by Crippen LogP contribution is -2.42. The Bertz CT molecular complexity index is 336. The van der Waals surface area contributed by atoms with Crippen LogP contribution in [0.2, 0.25) is 5.15 Å². The Labute approximate surface area is 95.0 Å². The van der Waals surface area contributed by atoms with Crippen LogP contribution in [0.25, 0.3) is 0 Å². The molecule has 1 fully saturated rings. The molecule has 1 aliphatic heterocycles. The van der Waals surface area contributed by atoms with Crippen LogP contribution in [0.4, 0.5) is 0 Å². The number of halogens is 1. The van der Waals surface area contributed by atoms with Gasteiger partial charge in [0.05, 0.1) is 12.7 Å². The summed E-state index contributed by atoms with van der Waals surface area (Å²) in [6.07, 6.45) is 4.01. The first-order valence-corrected chi connectivity index (χ1v) is 5.68. The van der Waals surface area contributed by atoms with Gasteiger partial charge in [-0.25, -0.2) is 4.98 Å². The van der Waals surface area contributed by atoms with E-state index in [9.17, 15) is 0 Å². The Balaban J connectivity index is 1.99. The van der Waals surface area contributed by atoms with Crippen LogP contribution in [-0.2, 0) is 13.6 Å². The van der Waals surface area contributed by atoms with Crippen molar-refractivity contribution in [3.05, 3.63) is 17.2 Å². The number of rotatable bonds is 2. The molecule has 0 unspecified atom stereocenters. The minimum Gasteiger partial charge on any atom is -0.327 e. The molecule has 0 saturated carbocycles. The van der Waals surface area contributed by atoms with E-state index in [0.29, 0.717) is 11.2 Å². The third-order valence-electron chi connectivity index (χ3n) is 2.93. The Morgan fingerprint density at radius 2 is 2.47 bits per heavy atom. The van der Waals surface area contributed by atoms with Gasteiger partial charge in [-0.2, -0.15) is 0 Å². The second-order valence-corrected chi connectivity index (χ2v) is 4.58. The normalized spacial score (nSPS) is 23.3. The summed E-state index contributed by atoms with van der Waals surface area (Å²) in [5, 5.41) is 0.686. The molecule has 0 amide bonds. The van der Waals surface area contributed by atoms with Crippen molar-refractivity contribution in [2.75, 3.05) is 13.1 Å². The van der Waals surface area contributed by atoms with E-state index in [2.05, 4.69) is 9.88 Å². The molecule has 0 radical (unpaired) electrons. The van der Waals surface area contributed by atoms with Crippen molar-refractivity contribution in [3.63, 3.8) is 0 Å². The summed E-state index contributed by atoms with van der Waals surface area (Å²) in [5.74, 6) is 1.01. The SMILES string of the molecule is Cn1c(Cl)cnc1CN1CCC[C@@H](N)C1. The number of aromatic nitrogens is 2. The smallest absolute Gasteiger partial charge is 0.128 e. The number of nitrogens with two attached hydrogens (primary N) is 1. The maximum atomic E-state index is 5.93.